The zero-order valence-electron chi connectivity index (χ0n) is 12.2. The fourth-order valence-corrected chi connectivity index (χ4v) is 3.15. The van der Waals surface area contributed by atoms with Gasteiger partial charge in [-0.05, 0) is 73.4 Å². The molecule has 2 aromatic carbocycles. The molecule has 0 N–H and O–H groups in total. The lowest BCUT2D eigenvalue weighted by molar-refractivity contribution is 0.101. The Bertz CT molecular complexity index is 667. The van der Waals surface area contributed by atoms with Crippen molar-refractivity contribution in [2.75, 3.05) is 0 Å². The highest BCUT2D eigenvalue weighted by atomic mass is 16.1. The van der Waals surface area contributed by atoms with Crippen LogP contribution in [0, 0.1) is 6.92 Å². The van der Waals surface area contributed by atoms with Gasteiger partial charge in [0.1, 0.15) is 0 Å². The number of carbonyl (C=O) groups excluding carboxylic acids is 1. The van der Waals surface area contributed by atoms with Gasteiger partial charge >= 0.3 is 0 Å². The minimum atomic E-state index is 0.185. The summed E-state index contributed by atoms with van der Waals surface area (Å²) < 4.78 is 0. The van der Waals surface area contributed by atoms with E-state index in [4.69, 9.17) is 0 Å². The highest BCUT2D eigenvalue weighted by Gasteiger charge is 2.12. The van der Waals surface area contributed by atoms with Crippen molar-refractivity contribution in [2.24, 2.45) is 0 Å². The molecular formula is C19H20O. The van der Waals surface area contributed by atoms with E-state index in [1.165, 1.54) is 27.8 Å². The van der Waals surface area contributed by atoms with Crippen LogP contribution >= 0.6 is 0 Å². The molecule has 20 heavy (non-hydrogen) atoms. The number of carbonyl (C=O) groups is 1. The minimum absolute atomic E-state index is 0.185. The van der Waals surface area contributed by atoms with Gasteiger partial charge in [0, 0.05) is 5.56 Å². The first-order chi connectivity index (χ1) is 9.65. The van der Waals surface area contributed by atoms with Gasteiger partial charge in [0.25, 0.3) is 0 Å². The molecule has 4 bridgehead atoms. The van der Waals surface area contributed by atoms with Crippen molar-refractivity contribution in [1.82, 2.24) is 0 Å². The molecule has 2 aliphatic carbocycles. The molecule has 0 unspecified atom stereocenters. The number of benzene rings is 2. The third-order valence-corrected chi connectivity index (χ3v) is 4.46. The lowest BCUT2D eigenvalue weighted by Gasteiger charge is -2.10. The Hall–Kier alpha value is -1.89. The Balaban J connectivity index is 2.08. The molecule has 2 aromatic rings. The summed E-state index contributed by atoms with van der Waals surface area (Å²) in [6, 6.07) is 13.1. The fourth-order valence-electron chi connectivity index (χ4n) is 3.15. The average molecular weight is 264 g/mol. The molecule has 1 nitrogen and oxygen atoms in total. The normalized spacial score (nSPS) is 13.9. The van der Waals surface area contributed by atoms with Crippen molar-refractivity contribution in [3.05, 3.63) is 69.8 Å². The fraction of sp³-hybridized carbons (Fsp3) is 0.316. The summed E-state index contributed by atoms with van der Waals surface area (Å²) in [7, 11) is 0. The molecule has 0 saturated carbocycles. The maximum Gasteiger partial charge on any atom is 0.160 e. The Morgan fingerprint density at radius 1 is 0.900 bits per heavy atom. The number of aryl methyl sites for hydroxylation is 4. The number of ketones is 1. The van der Waals surface area contributed by atoms with E-state index in [1.54, 1.807) is 6.92 Å². The van der Waals surface area contributed by atoms with Gasteiger partial charge in [0.2, 0.25) is 0 Å². The maximum absolute atomic E-state index is 11.9. The number of Topliss-reactive ketones (excluding diaryl/α,β-unsaturated/α-hetero) is 1. The molecule has 0 heterocycles. The molecule has 0 fully saturated rings. The summed E-state index contributed by atoms with van der Waals surface area (Å²) in [5.74, 6) is 0.185. The average Bonchev–Trinajstić information content (AvgIpc) is 2.47. The van der Waals surface area contributed by atoms with Crippen LogP contribution in [0.3, 0.4) is 0 Å². The van der Waals surface area contributed by atoms with Crippen LogP contribution in [0.4, 0.5) is 0 Å². The van der Waals surface area contributed by atoms with Crippen LogP contribution in [-0.4, -0.2) is 5.78 Å². The summed E-state index contributed by atoms with van der Waals surface area (Å²) in [5.41, 5.74) is 7.66. The number of hydrogen-bond acceptors (Lipinski definition) is 1. The summed E-state index contributed by atoms with van der Waals surface area (Å²) in [5, 5.41) is 0. The minimum Gasteiger partial charge on any atom is -0.295 e. The summed E-state index contributed by atoms with van der Waals surface area (Å²) >= 11 is 0. The third-order valence-electron chi connectivity index (χ3n) is 4.46. The van der Waals surface area contributed by atoms with Crippen LogP contribution in [0.1, 0.15) is 45.1 Å². The predicted molar refractivity (Wildman–Crippen MR) is 82.4 cm³/mol. The third kappa shape index (κ3) is 2.40. The van der Waals surface area contributed by atoms with Crippen LogP contribution in [-0.2, 0) is 25.7 Å². The van der Waals surface area contributed by atoms with Gasteiger partial charge in [0.15, 0.2) is 5.78 Å². The first-order valence-corrected chi connectivity index (χ1v) is 7.35. The highest BCUT2D eigenvalue weighted by Crippen LogP contribution is 2.23. The predicted octanol–water partition coefficient (Wildman–Crippen LogP) is 4.08. The van der Waals surface area contributed by atoms with Crippen LogP contribution < -0.4 is 0 Å². The van der Waals surface area contributed by atoms with Crippen LogP contribution in [0.2, 0.25) is 0 Å². The van der Waals surface area contributed by atoms with Crippen molar-refractivity contribution in [3.8, 4) is 0 Å². The quantitative estimate of drug-likeness (QED) is 0.709. The van der Waals surface area contributed by atoms with E-state index in [-0.39, 0.29) is 5.78 Å². The van der Waals surface area contributed by atoms with E-state index in [2.05, 4.69) is 43.3 Å². The lowest BCUT2D eigenvalue weighted by atomic mass is 9.95. The van der Waals surface area contributed by atoms with E-state index >= 15 is 0 Å². The van der Waals surface area contributed by atoms with E-state index in [0.29, 0.717) is 0 Å². The Labute approximate surface area is 120 Å². The molecular weight excluding hydrogens is 244 g/mol. The van der Waals surface area contributed by atoms with Gasteiger partial charge in [-0.3, -0.25) is 4.79 Å². The molecule has 4 rings (SSSR count). The Morgan fingerprint density at radius 3 is 2.25 bits per heavy atom. The van der Waals surface area contributed by atoms with Gasteiger partial charge in [-0.15, -0.1) is 0 Å². The Kier molecular flexibility index (Phi) is 3.43. The maximum atomic E-state index is 11.9. The van der Waals surface area contributed by atoms with Gasteiger partial charge in [0.05, 0.1) is 0 Å². The second-order valence-electron chi connectivity index (χ2n) is 5.75. The van der Waals surface area contributed by atoms with Crippen molar-refractivity contribution in [1.29, 1.82) is 0 Å². The van der Waals surface area contributed by atoms with Crippen molar-refractivity contribution in [2.45, 2.75) is 39.5 Å². The SMILES string of the molecule is CC(=O)c1cc2ccc1CCc1cccc(c1C)CC2. The molecule has 0 atom stereocenters. The second kappa shape index (κ2) is 5.24. The van der Waals surface area contributed by atoms with E-state index in [9.17, 15) is 4.79 Å². The molecule has 1 heteroatoms. The lowest BCUT2D eigenvalue weighted by Crippen LogP contribution is -2.03. The monoisotopic (exact) mass is 264 g/mol. The van der Waals surface area contributed by atoms with E-state index < -0.39 is 0 Å². The van der Waals surface area contributed by atoms with Crippen molar-refractivity contribution >= 4 is 5.78 Å². The molecule has 2 aliphatic rings. The zero-order valence-corrected chi connectivity index (χ0v) is 12.2. The smallest absolute Gasteiger partial charge is 0.160 e. The molecule has 0 radical (unpaired) electrons. The number of fused-ring (bicyclic) bond motifs is 4. The molecule has 102 valence electrons. The van der Waals surface area contributed by atoms with Gasteiger partial charge in [-0.2, -0.15) is 0 Å². The van der Waals surface area contributed by atoms with Crippen LogP contribution in [0.25, 0.3) is 0 Å². The Morgan fingerprint density at radius 2 is 1.55 bits per heavy atom. The topological polar surface area (TPSA) is 17.1 Å². The summed E-state index contributed by atoms with van der Waals surface area (Å²) in [6.45, 7) is 3.90. The van der Waals surface area contributed by atoms with Gasteiger partial charge in [-0.25, -0.2) is 0 Å². The molecule has 0 aliphatic heterocycles. The molecule has 0 spiro atoms. The first-order valence-electron chi connectivity index (χ1n) is 7.35. The number of rotatable bonds is 1. The zero-order chi connectivity index (χ0) is 14.1. The van der Waals surface area contributed by atoms with Gasteiger partial charge in [-0.1, -0.05) is 30.3 Å². The number of hydrogen-bond donors (Lipinski definition) is 0. The van der Waals surface area contributed by atoms with Crippen molar-refractivity contribution in [3.63, 3.8) is 0 Å². The standard InChI is InChI=1S/C19H20O/c1-13-16-4-3-5-17(13)10-11-18-9-7-15(6-8-16)12-19(18)14(2)20/h3-5,7,9,12H,6,8,10-11H2,1-2H3. The second-order valence-corrected chi connectivity index (χ2v) is 5.75. The van der Waals surface area contributed by atoms with E-state index in [1.807, 2.05) is 0 Å². The largest absolute Gasteiger partial charge is 0.295 e. The van der Waals surface area contributed by atoms with E-state index in [0.717, 1.165) is 31.2 Å². The summed E-state index contributed by atoms with van der Waals surface area (Å²) in [4.78, 5) is 11.9. The first kappa shape index (κ1) is 13.1. The molecule has 0 saturated heterocycles. The van der Waals surface area contributed by atoms with Crippen molar-refractivity contribution < 1.29 is 4.79 Å². The molecule has 0 aromatic heterocycles. The van der Waals surface area contributed by atoms with Crippen LogP contribution in [0.15, 0.2) is 36.4 Å². The van der Waals surface area contributed by atoms with Crippen LogP contribution in [0.5, 0.6) is 0 Å². The van der Waals surface area contributed by atoms with Gasteiger partial charge < -0.3 is 0 Å². The highest BCUT2D eigenvalue weighted by molar-refractivity contribution is 5.95. The summed E-state index contributed by atoms with van der Waals surface area (Å²) in [6.07, 6.45) is 4.01. The molecule has 0 amide bonds.